The molecule has 2 heterocycles. The second-order valence-corrected chi connectivity index (χ2v) is 5.30. The van der Waals surface area contributed by atoms with Gasteiger partial charge in [0, 0.05) is 37.2 Å². The lowest BCUT2D eigenvalue weighted by Crippen LogP contribution is -2.32. The fourth-order valence-corrected chi connectivity index (χ4v) is 3.13. The molecule has 16 heavy (non-hydrogen) atoms. The number of hydrogen-bond donors (Lipinski definition) is 1. The largest absolute Gasteiger partial charge is 0.469 e. The number of aryl methyl sites for hydroxylation is 1. The minimum Gasteiger partial charge on any atom is -0.469 e. The van der Waals surface area contributed by atoms with E-state index in [0.717, 1.165) is 19.5 Å². The third-order valence-corrected chi connectivity index (χ3v) is 4.16. The second kappa shape index (κ2) is 3.90. The molecule has 2 N–H and O–H groups in total. The van der Waals surface area contributed by atoms with E-state index in [4.69, 9.17) is 10.2 Å². The van der Waals surface area contributed by atoms with E-state index in [9.17, 15) is 0 Å². The van der Waals surface area contributed by atoms with Crippen LogP contribution < -0.4 is 5.73 Å². The molecule has 0 saturated carbocycles. The van der Waals surface area contributed by atoms with Gasteiger partial charge in [-0.2, -0.15) is 0 Å². The zero-order valence-electron chi connectivity index (χ0n) is 9.86. The number of fused-ring (bicyclic) bond motifs is 1. The molecule has 1 saturated heterocycles. The highest BCUT2D eigenvalue weighted by atomic mass is 16.3. The molecular formula is C13H20N2O. The Balaban J connectivity index is 1.82. The molecule has 1 aliphatic carbocycles. The Hall–Kier alpha value is -0.800. The molecule has 2 aliphatic rings. The maximum atomic E-state index is 6.11. The van der Waals surface area contributed by atoms with Crippen molar-refractivity contribution in [3.63, 3.8) is 0 Å². The summed E-state index contributed by atoms with van der Waals surface area (Å²) in [6, 6.07) is 3.05. The fourth-order valence-electron chi connectivity index (χ4n) is 3.13. The first kappa shape index (κ1) is 10.4. The maximum absolute atomic E-state index is 6.11. The maximum Gasteiger partial charge on any atom is 0.108 e. The van der Waals surface area contributed by atoms with Crippen molar-refractivity contribution in [3.8, 4) is 0 Å². The molecule has 1 aromatic rings. The number of nitrogens with zero attached hydrogens (tertiary/aromatic N) is 1. The van der Waals surface area contributed by atoms with Crippen molar-refractivity contribution in [3.05, 3.63) is 23.7 Å². The Kier molecular flexibility index (Phi) is 2.52. The monoisotopic (exact) mass is 220 g/mol. The van der Waals surface area contributed by atoms with Gasteiger partial charge in [-0.05, 0) is 24.8 Å². The van der Waals surface area contributed by atoms with Gasteiger partial charge in [0.1, 0.15) is 5.76 Å². The van der Waals surface area contributed by atoms with Gasteiger partial charge in [-0.3, -0.25) is 4.90 Å². The van der Waals surface area contributed by atoms with E-state index < -0.39 is 0 Å². The lowest BCUT2D eigenvalue weighted by Gasteiger charge is -2.30. The van der Waals surface area contributed by atoms with Crippen LogP contribution in [-0.4, -0.2) is 24.0 Å². The third-order valence-electron chi connectivity index (χ3n) is 4.16. The van der Waals surface area contributed by atoms with E-state index in [2.05, 4.69) is 17.9 Å². The highest BCUT2D eigenvalue weighted by Gasteiger charge is 2.34. The molecule has 0 spiro atoms. The number of likely N-dealkylation sites (tertiary alicyclic amines) is 1. The van der Waals surface area contributed by atoms with Crippen molar-refractivity contribution in [2.24, 2.45) is 11.7 Å². The first-order valence-electron chi connectivity index (χ1n) is 6.31. The molecule has 3 unspecified atom stereocenters. The Bertz CT molecular complexity index is 364. The Labute approximate surface area is 96.6 Å². The minimum atomic E-state index is 0.345. The van der Waals surface area contributed by atoms with Crippen LogP contribution in [0.25, 0.3) is 0 Å². The molecular weight excluding hydrogens is 200 g/mol. The molecule has 0 radical (unpaired) electrons. The predicted molar refractivity (Wildman–Crippen MR) is 63.1 cm³/mol. The lowest BCUT2D eigenvalue weighted by atomic mass is 9.92. The Morgan fingerprint density at radius 2 is 2.31 bits per heavy atom. The molecule has 3 nitrogen and oxygen atoms in total. The molecule has 3 atom stereocenters. The van der Waals surface area contributed by atoms with E-state index in [0.29, 0.717) is 18.0 Å². The van der Waals surface area contributed by atoms with Gasteiger partial charge in [-0.1, -0.05) is 6.92 Å². The van der Waals surface area contributed by atoms with Gasteiger partial charge in [0.05, 0.1) is 6.26 Å². The van der Waals surface area contributed by atoms with Crippen LogP contribution in [-0.2, 0) is 6.42 Å². The fraction of sp³-hybridized carbons (Fsp3) is 0.692. The Morgan fingerprint density at radius 1 is 1.44 bits per heavy atom. The molecule has 3 rings (SSSR count). The van der Waals surface area contributed by atoms with Crippen LogP contribution in [0.5, 0.6) is 0 Å². The lowest BCUT2D eigenvalue weighted by molar-refractivity contribution is 0.209. The topological polar surface area (TPSA) is 42.4 Å². The van der Waals surface area contributed by atoms with E-state index in [1.807, 2.05) is 6.26 Å². The predicted octanol–water partition coefficient (Wildman–Crippen LogP) is 1.94. The summed E-state index contributed by atoms with van der Waals surface area (Å²) in [7, 11) is 0. The number of nitrogens with two attached hydrogens (primary N) is 1. The molecule has 0 aromatic carbocycles. The van der Waals surface area contributed by atoms with Crippen LogP contribution >= 0.6 is 0 Å². The normalized spacial score (nSPS) is 35.2. The summed E-state index contributed by atoms with van der Waals surface area (Å²) >= 11 is 0. The quantitative estimate of drug-likeness (QED) is 0.786. The van der Waals surface area contributed by atoms with Gasteiger partial charge in [0.25, 0.3) is 0 Å². The summed E-state index contributed by atoms with van der Waals surface area (Å²) in [5.41, 5.74) is 7.52. The number of hydrogen-bond acceptors (Lipinski definition) is 3. The molecule has 0 bridgehead atoms. The highest BCUT2D eigenvalue weighted by Crippen LogP contribution is 2.37. The van der Waals surface area contributed by atoms with Crippen LogP contribution in [0.15, 0.2) is 16.7 Å². The van der Waals surface area contributed by atoms with Crippen molar-refractivity contribution in [1.29, 1.82) is 0 Å². The molecule has 88 valence electrons. The van der Waals surface area contributed by atoms with Crippen molar-refractivity contribution >= 4 is 0 Å². The average molecular weight is 220 g/mol. The summed E-state index contributed by atoms with van der Waals surface area (Å²) < 4.78 is 5.54. The van der Waals surface area contributed by atoms with Crippen LogP contribution in [0.4, 0.5) is 0 Å². The van der Waals surface area contributed by atoms with Crippen molar-refractivity contribution in [1.82, 2.24) is 4.90 Å². The van der Waals surface area contributed by atoms with Gasteiger partial charge in [0.2, 0.25) is 0 Å². The Morgan fingerprint density at radius 3 is 3.06 bits per heavy atom. The van der Waals surface area contributed by atoms with Crippen molar-refractivity contribution in [2.45, 2.75) is 38.3 Å². The first-order valence-corrected chi connectivity index (χ1v) is 6.31. The van der Waals surface area contributed by atoms with E-state index >= 15 is 0 Å². The summed E-state index contributed by atoms with van der Waals surface area (Å²) in [6.45, 7) is 4.43. The summed E-state index contributed by atoms with van der Waals surface area (Å²) in [4.78, 5) is 2.54. The number of furan rings is 1. The standard InChI is InChI=1S/C13H20N2O/c1-9-7-15(8-11(9)14)12-3-2-4-13-10(12)5-6-16-13/h5-6,9,11-12H,2-4,7-8,14H2,1H3. The first-order chi connectivity index (χ1) is 7.75. The van der Waals surface area contributed by atoms with Gasteiger partial charge in [-0.25, -0.2) is 0 Å². The zero-order chi connectivity index (χ0) is 11.1. The molecule has 0 amide bonds. The third kappa shape index (κ3) is 1.59. The van der Waals surface area contributed by atoms with Gasteiger partial charge in [-0.15, -0.1) is 0 Å². The van der Waals surface area contributed by atoms with Gasteiger partial charge >= 0.3 is 0 Å². The van der Waals surface area contributed by atoms with Crippen LogP contribution in [0.2, 0.25) is 0 Å². The summed E-state index contributed by atoms with van der Waals surface area (Å²) in [5.74, 6) is 1.82. The van der Waals surface area contributed by atoms with Crippen molar-refractivity contribution < 1.29 is 4.42 Å². The summed E-state index contributed by atoms with van der Waals surface area (Å²) in [5, 5.41) is 0. The van der Waals surface area contributed by atoms with Gasteiger partial charge < -0.3 is 10.2 Å². The van der Waals surface area contributed by atoms with E-state index in [-0.39, 0.29) is 0 Å². The van der Waals surface area contributed by atoms with Crippen LogP contribution in [0, 0.1) is 5.92 Å². The zero-order valence-corrected chi connectivity index (χ0v) is 9.86. The molecule has 1 aromatic heterocycles. The summed E-state index contributed by atoms with van der Waals surface area (Å²) in [6.07, 6.45) is 5.44. The van der Waals surface area contributed by atoms with Crippen molar-refractivity contribution in [2.75, 3.05) is 13.1 Å². The number of rotatable bonds is 1. The van der Waals surface area contributed by atoms with E-state index in [1.165, 1.54) is 24.2 Å². The smallest absolute Gasteiger partial charge is 0.108 e. The van der Waals surface area contributed by atoms with Crippen LogP contribution in [0.3, 0.4) is 0 Å². The highest BCUT2D eigenvalue weighted by molar-refractivity contribution is 5.24. The molecule has 1 fully saturated rings. The average Bonchev–Trinajstić information content (AvgIpc) is 2.85. The second-order valence-electron chi connectivity index (χ2n) is 5.30. The molecule has 1 aliphatic heterocycles. The minimum absolute atomic E-state index is 0.345. The van der Waals surface area contributed by atoms with Crippen LogP contribution in [0.1, 0.15) is 37.1 Å². The van der Waals surface area contributed by atoms with E-state index in [1.54, 1.807) is 0 Å². The SMILES string of the molecule is CC1CN(C2CCCc3occc32)CC1N. The molecule has 3 heteroatoms. The van der Waals surface area contributed by atoms with Gasteiger partial charge in [0.15, 0.2) is 0 Å².